The van der Waals surface area contributed by atoms with Gasteiger partial charge in [-0.2, -0.15) is 4.99 Å². The number of likely N-dealkylation sites (tertiary alicyclic amines) is 1. The van der Waals surface area contributed by atoms with Crippen LogP contribution in [0.25, 0.3) is 23.5 Å². The van der Waals surface area contributed by atoms with Gasteiger partial charge in [0, 0.05) is 61.7 Å². The summed E-state index contributed by atoms with van der Waals surface area (Å²) in [6.45, 7) is 10.9. The molecule has 2 N–H and O–H groups in total. The van der Waals surface area contributed by atoms with Gasteiger partial charge in [0.15, 0.2) is 17.2 Å². The number of hydrogen-bond acceptors (Lipinski definition) is 6. The van der Waals surface area contributed by atoms with Gasteiger partial charge in [0.25, 0.3) is 0 Å². The van der Waals surface area contributed by atoms with Crippen LogP contribution in [0.5, 0.6) is 5.75 Å². The summed E-state index contributed by atoms with van der Waals surface area (Å²) in [6, 6.07) is 4.13. The van der Waals surface area contributed by atoms with Crippen LogP contribution in [0.2, 0.25) is 5.02 Å². The van der Waals surface area contributed by atoms with Gasteiger partial charge in [-0.25, -0.2) is 4.98 Å². The molecule has 0 aromatic carbocycles. The van der Waals surface area contributed by atoms with Crippen LogP contribution in [-0.4, -0.2) is 46.4 Å². The Kier molecular flexibility index (Phi) is 4.79. The van der Waals surface area contributed by atoms with Gasteiger partial charge in [-0.15, -0.1) is 0 Å². The summed E-state index contributed by atoms with van der Waals surface area (Å²) in [5.74, 6) is 2.50. The number of aliphatic imine (C=N–C) groups is 1. The second kappa shape index (κ2) is 7.49. The molecule has 0 saturated carbocycles. The SMILES string of the molecule is C=c1[nH]c(CC)c(Cl)/c1=C(/N=C(\C)Oc1cnc2ccoc2c1)N1CC2CNC2C1. The standard InChI is InChI=1S/C22H24ClN5O2/c1-4-16-21(23)20(12(2)26-16)22(28-10-14-8-24-18(14)11-28)27-13(3)30-15-7-19-17(25-9-15)5-6-29-19/h5-7,9,14,18,24,26H,2,4,8,10-11H2,1,3H3/b22-20-,27-13+. The van der Waals surface area contributed by atoms with Crippen molar-refractivity contribution in [2.75, 3.05) is 19.6 Å². The van der Waals surface area contributed by atoms with E-state index >= 15 is 0 Å². The third-order valence-electron chi connectivity index (χ3n) is 5.85. The average Bonchev–Trinajstić information content (AvgIpc) is 3.36. The van der Waals surface area contributed by atoms with Gasteiger partial charge in [-0.05, 0) is 6.42 Å². The first-order valence-electron chi connectivity index (χ1n) is 10.2. The highest BCUT2D eigenvalue weighted by Crippen LogP contribution is 2.28. The van der Waals surface area contributed by atoms with E-state index < -0.39 is 0 Å². The number of nitrogens with zero attached hydrogens (tertiary/aromatic N) is 3. The van der Waals surface area contributed by atoms with Crippen LogP contribution in [0, 0.1) is 5.92 Å². The molecule has 7 nitrogen and oxygen atoms in total. The van der Waals surface area contributed by atoms with Crippen molar-refractivity contribution in [1.29, 1.82) is 0 Å². The van der Waals surface area contributed by atoms with Gasteiger partial charge in [0.05, 0.1) is 22.7 Å². The van der Waals surface area contributed by atoms with Gasteiger partial charge in [0.2, 0.25) is 0 Å². The van der Waals surface area contributed by atoms with Crippen molar-refractivity contribution in [3.8, 4) is 5.75 Å². The molecule has 0 aliphatic carbocycles. The number of furan rings is 1. The highest BCUT2D eigenvalue weighted by molar-refractivity contribution is 6.31. The van der Waals surface area contributed by atoms with Crippen molar-refractivity contribution in [3.63, 3.8) is 0 Å². The van der Waals surface area contributed by atoms with Crippen LogP contribution in [0.1, 0.15) is 19.5 Å². The molecule has 3 aromatic rings. The largest absolute Gasteiger partial charge is 0.463 e. The van der Waals surface area contributed by atoms with Crippen LogP contribution in [0.3, 0.4) is 0 Å². The summed E-state index contributed by atoms with van der Waals surface area (Å²) in [7, 11) is 0. The molecule has 3 aromatic heterocycles. The fourth-order valence-corrected chi connectivity index (χ4v) is 4.58. The molecule has 0 spiro atoms. The molecule has 0 bridgehead atoms. The summed E-state index contributed by atoms with van der Waals surface area (Å²) >= 11 is 6.72. The minimum atomic E-state index is 0.499. The van der Waals surface area contributed by atoms with Crippen LogP contribution >= 0.6 is 11.6 Å². The minimum Gasteiger partial charge on any atom is -0.463 e. The summed E-state index contributed by atoms with van der Waals surface area (Å²) < 4.78 is 11.4. The molecule has 2 aliphatic rings. The van der Waals surface area contributed by atoms with E-state index in [1.165, 1.54) is 0 Å². The van der Waals surface area contributed by atoms with E-state index in [9.17, 15) is 0 Å². The Morgan fingerprint density at radius 3 is 3.00 bits per heavy atom. The monoisotopic (exact) mass is 425 g/mol. The fraction of sp³-hybridized carbons (Fsp3) is 0.364. The number of aromatic amines is 1. The van der Waals surface area contributed by atoms with E-state index in [0.717, 1.165) is 53.7 Å². The first kappa shape index (κ1) is 19.2. The van der Waals surface area contributed by atoms with E-state index in [1.807, 2.05) is 19.1 Å². The quantitative estimate of drug-likeness (QED) is 0.495. The zero-order valence-electron chi connectivity index (χ0n) is 17.0. The van der Waals surface area contributed by atoms with E-state index in [-0.39, 0.29) is 0 Å². The molecule has 2 fully saturated rings. The highest BCUT2D eigenvalue weighted by atomic mass is 35.5. The smallest absolute Gasteiger partial charge is 0.193 e. The Morgan fingerprint density at radius 2 is 2.33 bits per heavy atom. The fourth-order valence-electron chi connectivity index (χ4n) is 4.20. The number of halogens is 1. The summed E-state index contributed by atoms with van der Waals surface area (Å²) in [5, 5.41) is 5.78. The van der Waals surface area contributed by atoms with Gasteiger partial charge < -0.3 is 24.4 Å². The molecular weight excluding hydrogens is 402 g/mol. The third-order valence-corrected chi connectivity index (χ3v) is 6.27. The van der Waals surface area contributed by atoms with Crippen molar-refractivity contribution < 1.29 is 9.15 Å². The number of pyridine rings is 1. The molecule has 30 heavy (non-hydrogen) atoms. The predicted octanol–water partition coefficient (Wildman–Crippen LogP) is 2.25. The Balaban J connectivity index is 1.55. The second-order valence-electron chi connectivity index (χ2n) is 7.84. The normalized spacial score (nSPS) is 22.2. The van der Waals surface area contributed by atoms with Gasteiger partial charge in [-0.1, -0.05) is 25.1 Å². The highest BCUT2D eigenvalue weighted by Gasteiger charge is 2.40. The van der Waals surface area contributed by atoms with Crippen molar-refractivity contribution in [3.05, 3.63) is 45.9 Å². The number of nitrogens with one attached hydrogen (secondary N) is 2. The van der Waals surface area contributed by atoms with E-state index in [4.69, 9.17) is 25.7 Å². The lowest BCUT2D eigenvalue weighted by atomic mass is 9.96. The van der Waals surface area contributed by atoms with Crippen LogP contribution in [0.4, 0.5) is 0 Å². The predicted molar refractivity (Wildman–Crippen MR) is 118 cm³/mol. The molecule has 0 amide bonds. The molecule has 8 heteroatoms. The van der Waals surface area contributed by atoms with Crippen LogP contribution in [-0.2, 0) is 6.42 Å². The van der Waals surface area contributed by atoms with Crippen molar-refractivity contribution >= 4 is 41.0 Å². The Labute approximate surface area is 179 Å². The number of rotatable bonds is 4. The summed E-state index contributed by atoms with van der Waals surface area (Å²) in [6.07, 6.45) is 4.08. The van der Waals surface area contributed by atoms with Crippen LogP contribution in [0.15, 0.2) is 34.0 Å². The molecule has 2 aliphatic heterocycles. The van der Waals surface area contributed by atoms with E-state index in [0.29, 0.717) is 34.2 Å². The first-order valence-corrected chi connectivity index (χ1v) is 10.6. The zero-order valence-corrected chi connectivity index (χ0v) is 17.8. The molecule has 2 atom stereocenters. The molecule has 2 saturated heterocycles. The lowest BCUT2D eigenvalue weighted by Crippen LogP contribution is -2.51. The molecular formula is C22H24ClN5O2. The molecule has 0 radical (unpaired) electrons. The van der Waals surface area contributed by atoms with Gasteiger partial charge in [-0.3, -0.25) is 0 Å². The van der Waals surface area contributed by atoms with Gasteiger partial charge in [0.1, 0.15) is 11.3 Å². The number of hydrogen-bond donors (Lipinski definition) is 2. The number of fused-ring (bicyclic) bond motifs is 2. The van der Waals surface area contributed by atoms with Crippen molar-refractivity contribution in [2.45, 2.75) is 26.3 Å². The third kappa shape index (κ3) is 3.28. The number of aromatic nitrogens is 2. The maximum absolute atomic E-state index is 6.72. The summed E-state index contributed by atoms with van der Waals surface area (Å²) in [4.78, 5) is 14.8. The number of aryl methyl sites for hydroxylation is 1. The van der Waals surface area contributed by atoms with Crippen molar-refractivity contribution in [1.82, 2.24) is 20.2 Å². The topological polar surface area (TPSA) is 78.7 Å². The maximum atomic E-state index is 6.72. The average molecular weight is 426 g/mol. The lowest BCUT2D eigenvalue weighted by molar-refractivity contribution is 0.297. The first-order chi connectivity index (χ1) is 14.5. The number of H-pyrrole nitrogens is 1. The lowest BCUT2D eigenvalue weighted by Gasteiger charge is -2.29. The summed E-state index contributed by atoms with van der Waals surface area (Å²) in [5.41, 5.74) is 2.43. The second-order valence-corrected chi connectivity index (χ2v) is 8.21. The molecule has 2 unspecified atom stereocenters. The van der Waals surface area contributed by atoms with Crippen molar-refractivity contribution in [2.24, 2.45) is 10.9 Å². The zero-order chi connectivity index (χ0) is 20.8. The van der Waals surface area contributed by atoms with E-state index in [2.05, 4.69) is 33.7 Å². The van der Waals surface area contributed by atoms with E-state index in [1.54, 1.807) is 12.5 Å². The maximum Gasteiger partial charge on any atom is 0.193 e. The Morgan fingerprint density at radius 1 is 1.47 bits per heavy atom. The minimum absolute atomic E-state index is 0.499. The Hall–Kier alpha value is -2.77. The Bertz CT molecular complexity index is 1230. The molecule has 5 heterocycles. The molecule has 156 valence electrons. The molecule has 5 rings (SSSR count). The van der Waals surface area contributed by atoms with Crippen LogP contribution < -0.4 is 20.6 Å². The number of ether oxygens (including phenoxy) is 1. The van der Waals surface area contributed by atoms with Gasteiger partial charge >= 0.3 is 0 Å².